The van der Waals surface area contributed by atoms with Gasteiger partial charge in [-0.1, -0.05) is 0 Å². The van der Waals surface area contributed by atoms with Gasteiger partial charge in [0.15, 0.2) is 6.23 Å². The van der Waals surface area contributed by atoms with Crippen LogP contribution in [-0.2, 0) is 0 Å². The van der Waals surface area contributed by atoms with Crippen LogP contribution < -0.4 is 4.74 Å². The van der Waals surface area contributed by atoms with Gasteiger partial charge in [-0.25, -0.2) is 4.79 Å². The summed E-state index contributed by atoms with van der Waals surface area (Å²) in [5.41, 5.74) is -0.226. The number of carbonyl (C=O) groups is 1. The fourth-order valence-corrected chi connectivity index (χ4v) is 2.42. The Labute approximate surface area is 106 Å². The SMILES string of the molecule is O=C(O)N1CCCCC1Oc1sncc1[N+](=O)[O-]. The number of likely N-dealkylation sites (tertiary alicyclic amines) is 1. The van der Waals surface area contributed by atoms with Crippen LogP contribution in [0.15, 0.2) is 6.20 Å². The van der Waals surface area contributed by atoms with Crippen molar-refractivity contribution in [1.82, 2.24) is 9.27 Å². The van der Waals surface area contributed by atoms with Crippen LogP contribution in [0.4, 0.5) is 10.5 Å². The fraction of sp³-hybridized carbons (Fsp3) is 0.556. The molecule has 98 valence electrons. The number of hydrogen-bond acceptors (Lipinski definition) is 6. The van der Waals surface area contributed by atoms with E-state index < -0.39 is 17.2 Å². The number of nitrogens with zero attached hydrogens (tertiary/aromatic N) is 3. The van der Waals surface area contributed by atoms with Gasteiger partial charge in [0.1, 0.15) is 6.20 Å². The molecular weight excluding hydrogens is 262 g/mol. The van der Waals surface area contributed by atoms with Crippen molar-refractivity contribution in [2.75, 3.05) is 6.54 Å². The summed E-state index contributed by atoms with van der Waals surface area (Å²) >= 11 is 0.852. The summed E-state index contributed by atoms with van der Waals surface area (Å²) in [4.78, 5) is 22.3. The molecule has 2 heterocycles. The van der Waals surface area contributed by atoms with Gasteiger partial charge >= 0.3 is 11.8 Å². The maximum atomic E-state index is 11.0. The summed E-state index contributed by atoms with van der Waals surface area (Å²) in [7, 11) is 0. The normalized spacial score (nSPS) is 19.6. The van der Waals surface area contributed by atoms with Crippen molar-refractivity contribution >= 4 is 23.3 Å². The van der Waals surface area contributed by atoms with E-state index in [1.807, 2.05) is 0 Å². The molecular formula is C9H11N3O5S. The highest BCUT2D eigenvalue weighted by Gasteiger charge is 2.30. The molecule has 0 aliphatic carbocycles. The summed E-state index contributed by atoms with van der Waals surface area (Å²) in [6.45, 7) is 0.382. The monoisotopic (exact) mass is 273 g/mol. The lowest BCUT2D eigenvalue weighted by atomic mass is 10.1. The first-order valence-corrected chi connectivity index (χ1v) is 6.12. The molecule has 18 heavy (non-hydrogen) atoms. The second-order valence-corrected chi connectivity index (χ2v) is 4.56. The molecule has 1 fully saturated rings. The van der Waals surface area contributed by atoms with Crippen molar-refractivity contribution in [3.8, 4) is 5.06 Å². The Morgan fingerprint density at radius 2 is 2.44 bits per heavy atom. The molecule has 1 aromatic heterocycles. The van der Waals surface area contributed by atoms with Crippen molar-refractivity contribution in [1.29, 1.82) is 0 Å². The first-order valence-electron chi connectivity index (χ1n) is 5.35. The molecule has 2 rings (SSSR count). The molecule has 1 aliphatic rings. The predicted molar refractivity (Wildman–Crippen MR) is 61.8 cm³/mol. The summed E-state index contributed by atoms with van der Waals surface area (Å²) in [5.74, 6) is 0. The number of nitro groups is 1. The van der Waals surface area contributed by atoms with Crippen molar-refractivity contribution < 1.29 is 19.6 Å². The van der Waals surface area contributed by atoms with E-state index in [9.17, 15) is 14.9 Å². The fourth-order valence-electron chi connectivity index (χ4n) is 1.79. The van der Waals surface area contributed by atoms with E-state index in [2.05, 4.69) is 4.37 Å². The molecule has 9 heteroatoms. The average Bonchev–Trinajstić information content (AvgIpc) is 2.77. The number of rotatable bonds is 3. The number of aromatic nitrogens is 1. The third kappa shape index (κ3) is 2.50. The topological polar surface area (TPSA) is 106 Å². The molecule has 0 saturated carbocycles. The summed E-state index contributed by atoms with van der Waals surface area (Å²) in [6.07, 6.45) is 1.50. The number of carboxylic acid groups (broad SMARTS) is 1. The molecule has 1 aromatic rings. The minimum Gasteiger partial charge on any atom is -0.465 e. The molecule has 0 aromatic carbocycles. The van der Waals surface area contributed by atoms with Crippen molar-refractivity contribution in [3.63, 3.8) is 0 Å². The van der Waals surface area contributed by atoms with E-state index in [-0.39, 0.29) is 10.8 Å². The van der Waals surface area contributed by atoms with Crippen LogP contribution in [0.5, 0.6) is 5.06 Å². The smallest absolute Gasteiger partial charge is 0.410 e. The lowest BCUT2D eigenvalue weighted by Crippen LogP contribution is -2.46. The predicted octanol–water partition coefficient (Wildman–Crippen LogP) is 1.92. The number of piperidine rings is 1. The molecule has 0 radical (unpaired) electrons. The summed E-state index contributed by atoms with van der Waals surface area (Å²) < 4.78 is 9.11. The minimum absolute atomic E-state index is 0.0538. The second kappa shape index (κ2) is 5.17. The van der Waals surface area contributed by atoms with Crippen LogP contribution in [0.3, 0.4) is 0 Å². The average molecular weight is 273 g/mol. The molecule has 1 N–H and O–H groups in total. The highest BCUT2D eigenvalue weighted by Crippen LogP contribution is 2.33. The molecule has 1 unspecified atom stereocenters. The number of hydrogen-bond donors (Lipinski definition) is 1. The quantitative estimate of drug-likeness (QED) is 0.666. The standard InChI is InChI=1S/C9H11N3O5S/c13-9(14)11-4-2-1-3-7(11)17-8-6(12(15)16)5-10-18-8/h5,7H,1-4H2,(H,13,14). The second-order valence-electron chi connectivity index (χ2n) is 3.80. The van der Waals surface area contributed by atoms with E-state index >= 15 is 0 Å². The molecule has 0 spiro atoms. The van der Waals surface area contributed by atoms with Gasteiger partial charge in [-0.3, -0.25) is 15.0 Å². The third-order valence-corrected chi connectivity index (χ3v) is 3.33. The number of amides is 1. The van der Waals surface area contributed by atoms with Crippen LogP contribution in [0.25, 0.3) is 0 Å². The van der Waals surface area contributed by atoms with E-state index in [0.29, 0.717) is 13.0 Å². The highest BCUT2D eigenvalue weighted by atomic mass is 32.1. The van der Waals surface area contributed by atoms with Crippen LogP contribution in [0.1, 0.15) is 19.3 Å². The Hall–Kier alpha value is -1.90. The number of ether oxygens (including phenoxy) is 1. The van der Waals surface area contributed by atoms with Gasteiger partial charge in [-0.15, -0.1) is 0 Å². The van der Waals surface area contributed by atoms with Crippen molar-refractivity contribution in [2.45, 2.75) is 25.5 Å². The van der Waals surface area contributed by atoms with Crippen LogP contribution in [0, 0.1) is 10.1 Å². The molecule has 1 saturated heterocycles. The van der Waals surface area contributed by atoms with Crippen molar-refractivity contribution in [2.24, 2.45) is 0 Å². The molecule has 1 atom stereocenters. The maximum Gasteiger partial charge on any atom is 0.410 e. The molecule has 8 nitrogen and oxygen atoms in total. The van der Waals surface area contributed by atoms with Crippen molar-refractivity contribution in [3.05, 3.63) is 16.3 Å². The maximum absolute atomic E-state index is 11.0. The Balaban J connectivity index is 2.13. The Kier molecular flexibility index (Phi) is 3.60. The zero-order valence-electron chi connectivity index (χ0n) is 9.31. The van der Waals surface area contributed by atoms with Gasteiger partial charge in [-0.2, -0.15) is 4.37 Å². The van der Waals surface area contributed by atoms with E-state index in [4.69, 9.17) is 9.84 Å². The van der Waals surface area contributed by atoms with E-state index in [0.717, 1.165) is 35.5 Å². The summed E-state index contributed by atoms with van der Waals surface area (Å²) in [5, 5.41) is 19.8. The van der Waals surface area contributed by atoms with Gasteiger partial charge < -0.3 is 9.84 Å². The van der Waals surface area contributed by atoms with E-state index in [1.54, 1.807) is 0 Å². The zero-order valence-corrected chi connectivity index (χ0v) is 10.1. The zero-order chi connectivity index (χ0) is 13.1. The molecule has 0 bridgehead atoms. The van der Waals surface area contributed by atoms with Gasteiger partial charge in [-0.05, 0) is 12.8 Å². The first kappa shape index (κ1) is 12.6. The lowest BCUT2D eigenvalue weighted by molar-refractivity contribution is -0.385. The van der Waals surface area contributed by atoms with E-state index in [1.165, 1.54) is 0 Å². The molecule has 1 amide bonds. The largest absolute Gasteiger partial charge is 0.465 e. The van der Waals surface area contributed by atoms with Crippen LogP contribution >= 0.6 is 11.5 Å². The van der Waals surface area contributed by atoms with Crippen LogP contribution in [0.2, 0.25) is 0 Å². The molecule has 1 aliphatic heterocycles. The Morgan fingerprint density at radius 1 is 1.67 bits per heavy atom. The third-order valence-electron chi connectivity index (χ3n) is 2.65. The first-order chi connectivity index (χ1) is 8.59. The van der Waals surface area contributed by atoms with Gasteiger partial charge in [0.05, 0.1) is 4.92 Å². The van der Waals surface area contributed by atoms with Gasteiger partial charge in [0.25, 0.3) is 5.06 Å². The lowest BCUT2D eigenvalue weighted by Gasteiger charge is -2.32. The van der Waals surface area contributed by atoms with Gasteiger partial charge in [0.2, 0.25) is 0 Å². The minimum atomic E-state index is -1.08. The van der Waals surface area contributed by atoms with Crippen LogP contribution in [-0.4, -0.2) is 38.2 Å². The Morgan fingerprint density at radius 3 is 3.11 bits per heavy atom. The Bertz CT molecular complexity index is 463. The van der Waals surface area contributed by atoms with Gasteiger partial charge in [0, 0.05) is 24.5 Å². The summed E-state index contributed by atoms with van der Waals surface area (Å²) in [6, 6.07) is 0. The highest BCUT2D eigenvalue weighted by molar-refractivity contribution is 7.08.